The van der Waals surface area contributed by atoms with Crippen LogP contribution in [0.15, 0.2) is 229 Å². The molecule has 0 radical (unpaired) electrons. The molecule has 4 heteroatoms. The minimum absolute atomic E-state index is 0.661. The molecule has 0 aliphatic rings. The van der Waals surface area contributed by atoms with Crippen molar-refractivity contribution in [3.63, 3.8) is 0 Å². The van der Waals surface area contributed by atoms with Gasteiger partial charge in [-0.2, -0.15) is 0 Å². The van der Waals surface area contributed by atoms with Crippen molar-refractivity contribution in [2.75, 3.05) is 0 Å². The molecule has 9 aromatic carbocycles. The standard InChI is InChI=1S/C59H37N3O/c1-4-15-38(16-5-1)40-27-31-42(32-28-40)51-37-52(62-59(61-51)44-33-29-41(30-34-44)39-17-6-2-7-18-39)45-21-14-22-46(35-45)58-49-36-54-57(48-24-11-13-26-53(48)63-54)55(43-19-8-3-9-20-43)56(49)47-23-10-12-25-50(47)60-58/h1-37H. The highest BCUT2D eigenvalue weighted by Gasteiger charge is 2.22. The van der Waals surface area contributed by atoms with Crippen LogP contribution in [-0.2, 0) is 0 Å². The van der Waals surface area contributed by atoms with E-state index in [1.807, 2.05) is 18.2 Å². The van der Waals surface area contributed by atoms with Crippen LogP contribution >= 0.6 is 0 Å². The summed E-state index contributed by atoms with van der Waals surface area (Å²) < 4.78 is 6.65. The largest absolute Gasteiger partial charge is 0.456 e. The van der Waals surface area contributed by atoms with Gasteiger partial charge in [0.15, 0.2) is 5.82 Å². The van der Waals surface area contributed by atoms with Gasteiger partial charge in [0.25, 0.3) is 0 Å². The summed E-state index contributed by atoms with van der Waals surface area (Å²) in [6.45, 7) is 0. The van der Waals surface area contributed by atoms with Crippen LogP contribution in [0.3, 0.4) is 0 Å². The molecule has 0 spiro atoms. The summed E-state index contributed by atoms with van der Waals surface area (Å²) in [6.07, 6.45) is 0. The molecule has 0 saturated carbocycles. The molecule has 0 N–H and O–H groups in total. The molecule has 3 heterocycles. The van der Waals surface area contributed by atoms with Crippen molar-refractivity contribution in [2.24, 2.45) is 0 Å². The first-order chi connectivity index (χ1) is 31.2. The lowest BCUT2D eigenvalue weighted by Crippen LogP contribution is -1.97. The van der Waals surface area contributed by atoms with Crippen LogP contribution in [0, 0.1) is 0 Å². The van der Waals surface area contributed by atoms with E-state index in [9.17, 15) is 0 Å². The van der Waals surface area contributed by atoms with Gasteiger partial charge in [0, 0.05) is 54.7 Å². The first-order valence-corrected chi connectivity index (χ1v) is 21.3. The van der Waals surface area contributed by atoms with E-state index in [0.717, 1.165) is 105 Å². The lowest BCUT2D eigenvalue weighted by atomic mass is 9.89. The zero-order valence-corrected chi connectivity index (χ0v) is 34.1. The smallest absolute Gasteiger partial charge is 0.160 e. The van der Waals surface area contributed by atoms with Crippen LogP contribution in [0.25, 0.3) is 122 Å². The molecule has 0 aliphatic heterocycles. The lowest BCUT2D eigenvalue weighted by molar-refractivity contribution is 0.669. The fourth-order valence-electron chi connectivity index (χ4n) is 9.03. The number of furan rings is 1. The minimum Gasteiger partial charge on any atom is -0.456 e. The molecule has 63 heavy (non-hydrogen) atoms. The van der Waals surface area contributed by atoms with Gasteiger partial charge in [-0.05, 0) is 58.1 Å². The minimum atomic E-state index is 0.661. The maximum Gasteiger partial charge on any atom is 0.160 e. The third-order valence-electron chi connectivity index (χ3n) is 12.1. The highest BCUT2D eigenvalue weighted by atomic mass is 16.3. The second-order valence-corrected chi connectivity index (χ2v) is 15.9. The zero-order chi connectivity index (χ0) is 41.7. The van der Waals surface area contributed by atoms with Gasteiger partial charge in [-0.1, -0.05) is 194 Å². The molecule has 0 bridgehead atoms. The Balaban J connectivity index is 1.05. The Hall–Kier alpha value is -8.47. The number of benzene rings is 9. The summed E-state index contributed by atoms with van der Waals surface area (Å²) in [5.41, 5.74) is 16.0. The predicted molar refractivity (Wildman–Crippen MR) is 260 cm³/mol. The van der Waals surface area contributed by atoms with Gasteiger partial charge < -0.3 is 4.42 Å². The number of aromatic nitrogens is 3. The van der Waals surface area contributed by atoms with E-state index in [4.69, 9.17) is 19.4 Å². The molecule has 0 atom stereocenters. The highest BCUT2D eigenvalue weighted by Crippen LogP contribution is 2.46. The van der Waals surface area contributed by atoms with Crippen molar-refractivity contribution in [2.45, 2.75) is 0 Å². The van der Waals surface area contributed by atoms with Gasteiger partial charge in [-0.3, -0.25) is 0 Å². The average Bonchev–Trinajstić information content (AvgIpc) is 3.74. The van der Waals surface area contributed by atoms with Crippen molar-refractivity contribution in [1.29, 1.82) is 0 Å². The van der Waals surface area contributed by atoms with Crippen molar-refractivity contribution in [3.05, 3.63) is 224 Å². The number of pyridine rings is 1. The molecule has 3 aromatic heterocycles. The summed E-state index contributed by atoms with van der Waals surface area (Å²) in [4.78, 5) is 15.9. The van der Waals surface area contributed by atoms with Gasteiger partial charge in [-0.15, -0.1) is 0 Å². The monoisotopic (exact) mass is 803 g/mol. The van der Waals surface area contributed by atoms with Crippen LogP contribution in [0.4, 0.5) is 0 Å². The van der Waals surface area contributed by atoms with Gasteiger partial charge in [0.1, 0.15) is 11.2 Å². The van der Waals surface area contributed by atoms with Gasteiger partial charge in [0.05, 0.1) is 22.6 Å². The summed E-state index contributed by atoms with van der Waals surface area (Å²) in [7, 11) is 0. The molecule has 0 fully saturated rings. The number of hydrogen-bond acceptors (Lipinski definition) is 4. The molecule has 294 valence electrons. The molecule has 12 aromatic rings. The summed E-state index contributed by atoms with van der Waals surface area (Å²) in [6, 6.07) is 78.4. The molecular weight excluding hydrogens is 767 g/mol. The number of nitrogens with zero attached hydrogens (tertiary/aromatic N) is 3. The van der Waals surface area contributed by atoms with Crippen LogP contribution in [0.1, 0.15) is 0 Å². The van der Waals surface area contributed by atoms with Crippen LogP contribution < -0.4 is 0 Å². The number of fused-ring (bicyclic) bond motifs is 6. The molecule has 12 rings (SSSR count). The lowest BCUT2D eigenvalue weighted by Gasteiger charge is -2.16. The quantitative estimate of drug-likeness (QED) is 0.151. The summed E-state index contributed by atoms with van der Waals surface area (Å²) in [5.74, 6) is 0.661. The van der Waals surface area contributed by atoms with E-state index in [1.165, 1.54) is 11.1 Å². The average molecular weight is 804 g/mol. The first-order valence-electron chi connectivity index (χ1n) is 21.3. The Bertz CT molecular complexity index is 3540. The first kappa shape index (κ1) is 36.4. The van der Waals surface area contributed by atoms with Gasteiger partial charge in [-0.25, -0.2) is 15.0 Å². The van der Waals surface area contributed by atoms with Crippen molar-refractivity contribution < 1.29 is 4.42 Å². The van der Waals surface area contributed by atoms with E-state index < -0.39 is 0 Å². The Morgan fingerprint density at radius 3 is 1.48 bits per heavy atom. The summed E-state index contributed by atoms with van der Waals surface area (Å²) >= 11 is 0. The van der Waals surface area contributed by atoms with Crippen LogP contribution in [-0.4, -0.2) is 15.0 Å². The number of hydrogen-bond donors (Lipinski definition) is 0. The Labute approximate surface area is 364 Å². The van der Waals surface area contributed by atoms with E-state index >= 15 is 0 Å². The maximum atomic E-state index is 6.65. The molecular formula is C59H37N3O. The van der Waals surface area contributed by atoms with E-state index in [2.05, 4.69) is 206 Å². The van der Waals surface area contributed by atoms with E-state index in [-0.39, 0.29) is 0 Å². The third kappa shape index (κ3) is 6.53. The predicted octanol–water partition coefficient (Wildman–Crippen LogP) is 15.7. The molecule has 0 unspecified atom stereocenters. The molecule has 4 nitrogen and oxygen atoms in total. The molecule has 0 aliphatic carbocycles. The van der Waals surface area contributed by atoms with Gasteiger partial charge >= 0.3 is 0 Å². The Morgan fingerprint density at radius 2 is 0.794 bits per heavy atom. The van der Waals surface area contributed by atoms with Crippen LogP contribution in [0.5, 0.6) is 0 Å². The number of para-hydroxylation sites is 2. The second kappa shape index (κ2) is 15.2. The van der Waals surface area contributed by atoms with E-state index in [0.29, 0.717) is 5.82 Å². The van der Waals surface area contributed by atoms with Crippen molar-refractivity contribution in [3.8, 4) is 78.5 Å². The highest BCUT2D eigenvalue weighted by molar-refractivity contribution is 6.27. The maximum absolute atomic E-state index is 6.65. The zero-order valence-electron chi connectivity index (χ0n) is 34.1. The van der Waals surface area contributed by atoms with Crippen molar-refractivity contribution >= 4 is 43.6 Å². The fraction of sp³-hybridized carbons (Fsp3) is 0. The van der Waals surface area contributed by atoms with Gasteiger partial charge in [0.2, 0.25) is 0 Å². The Morgan fingerprint density at radius 1 is 0.286 bits per heavy atom. The summed E-state index contributed by atoms with van der Waals surface area (Å²) in [5, 5.41) is 5.47. The fourth-order valence-corrected chi connectivity index (χ4v) is 9.03. The van der Waals surface area contributed by atoms with E-state index in [1.54, 1.807) is 0 Å². The SMILES string of the molecule is c1ccc(-c2ccc(-c3cc(-c4cccc(-c5nc6ccccc6c6c(-c7ccccc7)c7c(cc56)oc5ccccc57)c4)nc(-c4ccc(-c5ccccc5)cc4)n3)cc2)cc1. The topological polar surface area (TPSA) is 51.8 Å². The molecule has 0 saturated heterocycles. The van der Waals surface area contributed by atoms with Crippen molar-refractivity contribution in [1.82, 2.24) is 15.0 Å². The second-order valence-electron chi connectivity index (χ2n) is 15.9. The third-order valence-corrected chi connectivity index (χ3v) is 12.1. The van der Waals surface area contributed by atoms with Crippen LogP contribution in [0.2, 0.25) is 0 Å². The number of rotatable bonds is 7. The molecule has 0 amide bonds. The Kier molecular flexibility index (Phi) is 8.79. The normalized spacial score (nSPS) is 11.5.